The van der Waals surface area contributed by atoms with E-state index in [9.17, 15) is 9.59 Å². The number of hydrogen-bond acceptors (Lipinski definition) is 5. The first-order valence-corrected chi connectivity index (χ1v) is 7.65. The van der Waals surface area contributed by atoms with Gasteiger partial charge in [0.1, 0.15) is 0 Å². The third kappa shape index (κ3) is 8.38. The molecule has 0 aliphatic carbocycles. The van der Waals surface area contributed by atoms with Crippen molar-refractivity contribution in [2.75, 3.05) is 24.7 Å². The molecule has 2 aromatic rings. The highest BCUT2D eigenvalue weighted by molar-refractivity contribution is 5.89. The molecule has 134 valence electrons. The van der Waals surface area contributed by atoms with Crippen LogP contribution in [0.5, 0.6) is 0 Å². The smallest absolute Gasteiger partial charge is 0.335 e. The number of carboxylic acids is 2. The van der Waals surface area contributed by atoms with Crippen molar-refractivity contribution >= 4 is 23.3 Å². The van der Waals surface area contributed by atoms with Crippen molar-refractivity contribution in [3.63, 3.8) is 0 Å². The van der Waals surface area contributed by atoms with Crippen LogP contribution in [0.4, 0.5) is 11.4 Å². The van der Waals surface area contributed by atoms with E-state index in [0.717, 1.165) is 13.2 Å². The molecular formula is C18H22N2O5. The Bertz CT molecular complexity index is 636. The molecule has 0 radical (unpaired) electrons. The van der Waals surface area contributed by atoms with Gasteiger partial charge in [-0.2, -0.15) is 0 Å². The van der Waals surface area contributed by atoms with Crippen LogP contribution in [0.15, 0.2) is 48.5 Å². The third-order valence-electron chi connectivity index (χ3n) is 3.09. The number of nitrogen functional groups attached to an aromatic ring is 2. The van der Waals surface area contributed by atoms with Crippen LogP contribution in [-0.2, 0) is 4.74 Å². The second-order valence-corrected chi connectivity index (χ2v) is 5.18. The average molecular weight is 346 g/mol. The Hall–Kier alpha value is -3.06. The molecule has 0 bridgehead atoms. The molecule has 1 fully saturated rings. The maximum atomic E-state index is 10.3. The van der Waals surface area contributed by atoms with E-state index in [1.165, 1.54) is 37.1 Å². The molecule has 0 saturated carbocycles. The molecule has 1 aliphatic heterocycles. The lowest BCUT2D eigenvalue weighted by Gasteiger charge is -1.93. The van der Waals surface area contributed by atoms with Gasteiger partial charge in [0.25, 0.3) is 0 Å². The Morgan fingerprint density at radius 1 is 0.800 bits per heavy atom. The van der Waals surface area contributed by atoms with Gasteiger partial charge in [0.2, 0.25) is 0 Å². The van der Waals surface area contributed by atoms with Crippen molar-refractivity contribution in [3.05, 3.63) is 59.7 Å². The number of aromatic carboxylic acids is 2. The fourth-order valence-corrected chi connectivity index (χ4v) is 1.85. The van der Waals surface area contributed by atoms with Gasteiger partial charge in [0.15, 0.2) is 0 Å². The van der Waals surface area contributed by atoms with Gasteiger partial charge in [0.05, 0.1) is 11.1 Å². The van der Waals surface area contributed by atoms with Crippen molar-refractivity contribution in [3.8, 4) is 0 Å². The second kappa shape index (κ2) is 10.7. The largest absolute Gasteiger partial charge is 0.478 e. The van der Waals surface area contributed by atoms with Gasteiger partial charge in [-0.25, -0.2) is 9.59 Å². The summed E-state index contributed by atoms with van der Waals surface area (Å²) in [6.45, 7) is 2.00. The topological polar surface area (TPSA) is 136 Å². The number of nitrogens with two attached hydrogens (primary N) is 2. The molecular weight excluding hydrogens is 324 g/mol. The minimum Gasteiger partial charge on any atom is -0.478 e. The van der Waals surface area contributed by atoms with Crippen LogP contribution in [-0.4, -0.2) is 35.4 Å². The Labute approximate surface area is 145 Å². The first kappa shape index (κ1) is 20.0. The van der Waals surface area contributed by atoms with Gasteiger partial charge in [0, 0.05) is 24.6 Å². The Kier molecular flexibility index (Phi) is 8.53. The standard InChI is InChI=1S/2C7H7NO2.C4H8O/c2*8-6-3-1-2-5(4-6)7(9)10;1-2-4-5-3-1/h2*1-4H,8H2,(H,9,10);1-4H2. The molecule has 7 nitrogen and oxygen atoms in total. The molecule has 0 unspecified atom stereocenters. The summed E-state index contributed by atoms with van der Waals surface area (Å²) in [6, 6.07) is 12.3. The minimum absolute atomic E-state index is 0.222. The number of benzene rings is 2. The second-order valence-electron chi connectivity index (χ2n) is 5.18. The normalized spacial score (nSPS) is 12.2. The zero-order chi connectivity index (χ0) is 18.7. The van der Waals surface area contributed by atoms with E-state index in [2.05, 4.69) is 0 Å². The van der Waals surface area contributed by atoms with Crippen LogP contribution in [0.2, 0.25) is 0 Å². The summed E-state index contributed by atoms with van der Waals surface area (Å²) < 4.78 is 4.94. The van der Waals surface area contributed by atoms with Crippen molar-refractivity contribution in [1.29, 1.82) is 0 Å². The van der Waals surface area contributed by atoms with Gasteiger partial charge in [-0.15, -0.1) is 0 Å². The first-order valence-electron chi connectivity index (χ1n) is 7.65. The lowest BCUT2D eigenvalue weighted by atomic mass is 10.2. The predicted molar refractivity (Wildman–Crippen MR) is 95.7 cm³/mol. The summed E-state index contributed by atoms with van der Waals surface area (Å²) in [4.78, 5) is 20.6. The van der Waals surface area contributed by atoms with Gasteiger partial charge >= 0.3 is 11.9 Å². The predicted octanol–water partition coefficient (Wildman–Crippen LogP) is 2.73. The molecule has 25 heavy (non-hydrogen) atoms. The highest BCUT2D eigenvalue weighted by Crippen LogP contribution is 2.06. The summed E-state index contributed by atoms with van der Waals surface area (Å²) >= 11 is 0. The van der Waals surface area contributed by atoms with E-state index in [1.807, 2.05) is 0 Å². The highest BCUT2D eigenvalue weighted by Gasteiger charge is 2.00. The van der Waals surface area contributed by atoms with Gasteiger partial charge < -0.3 is 26.4 Å². The number of ether oxygens (including phenoxy) is 1. The zero-order valence-electron chi connectivity index (χ0n) is 13.7. The van der Waals surface area contributed by atoms with Crippen molar-refractivity contribution in [2.24, 2.45) is 0 Å². The fraction of sp³-hybridized carbons (Fsp3) is 0.222. The summed E-state index contributed by atoms with van der Waals surface area (Å²) in [5, 5.41) is 16.9. The Morgan fingerprint density at radius 2 is 1.20 bits per heavy atom. The van der Waals surface area contributed by atoms with E-state index in [1.54, 1.807) is 24.3 Å². The van der Waals surface area contributed by atoms with Crippen LogP contribution >= 0.6 is 0 Å². The molecule has 0 amide bonds. The van der Waals surface area contributed by atoms with E-state index in [4.69, 9.17) is 26.4 Å². The maximum absolute atomic E-state index is 10.3. The maximum Gasteiger partial charge on any atom is 0.335 e. The Morgan fingerprint density at radius 3 is 1.40 bits per heavy atom. The number of rotatable bonds is 2. The summed E-state index contributed by atoms with van der Waals surface area (Å²) in [7, 11) is 0. The molecule has 1 aliphatic rings. The van der Waals surface area contributed by atoms with Gasteiger partial charge in [-0.1, -0.05) is 12.1 Å². The SMILES string of the molecule is C1CCOC1.Nc1cccc(C(=O)O)c1.Nc1cccc(C(=O)O)c1. The van der Waals surface area contributed by atoms with Gasteiger partial charge in [-0.3, -0.25) is 0 Å². The third-order valence-corrected chi connectivity index (χ3v) is 3.09. The molecule has 1 saturated heterocycles. The molecule has 2 aromatic carbocycles. The average Bonchev–Trinajstić information content (AvgIpc) is 3.15. The molecule has 1 heterocycles. The minimum atomic E-state index is -0.952. The number of hydrogen-bond donors (Lipinski definition) is 4. The lowest BCUT2D eigenvalue weighted by Crippen LogP contribution is -1.96. The zero-order valence-corrected chi connectivity index (χ0v) is 13.7. The molecule has 0 atom stereocenters. The Balaban J connectivity index is 0.000000198. The van der Waals surface area contributed by atoms with Crippen molar-refractivity contribution < 1.29 is 24.5 Å². The lowest BCUT2D eigenvalue weighted by molar-refractivity contribution is 0.0686. The number of carbonyl (C=O) groups is 2. The van der Waals surface area contributed by atoms with E-state index in [0.29, 0.717) is 11.4 Å². The van der Waals surface area contributed by atoms with Crippen LogP contribution in [0, 0.1) is 0 Å². The molecule has 7 heteroatoms. The monoisotopic (exact) mass is 346 g/mol. The molecule has 0 aromatic heterocycles. The summed E-state index contributed by atoms with van der Waals surface area (Å²) in [5.41, 5.74) is 12.1. The first-order chi connectivity index (χ1) is 11.9. The number of anilines is 2. The van der Waals surface area contributed by atoms with Crippen LogP contribution in [0.25, 0.3) is 0 Å². The summed E-state index contributed by atoms with van der Waals surface area (Å²) in [6.07, 6.45) is 2.56. The summed E-state index contributed by atoms with van der Waals surface area (Å²) in [5.74, 6) is -1.90. The van der Waals surface area contributed by atoms with Crippen molar-refractivity contribution in [2.45, 2.75) is 12.8 Å². The highest BCUT2D eigenvalue weighted by atomic mass is 16.5. The van der Waals surface area contributed by atoms with E-state index >= 15 is 0 Å². The van der Waals surface area contributed by atoms with Crippen LogP contribution < -0.4 is 11.5 Å². The molecule has 3 rings (SSSR count). The van der Waals surface area contributed by atoms with Gasteiger partial charge in [-0.05, 0) is 49.2 Å². The quantitative estimate of drug-likeness (QED) is 0.614. The van der Waals surface area contributed by atoms with E-state index < -0.39 is 11.9 Å². The van der Waals surface area contributed by atoms with Crippen LogP contribution in [0.3, 0.4) is 0 Å². The molecule has 6 N–H and O–H groups in total. The van der Waals surface area contributed by atoms with Crippen LogP contribution in [0.1, 0.15) is 33.6 Å². The fourth-order valence-electron chi connectivity index (χ4n) is 1.85. The van der Waals surface area contributed by atoms with E-state index in [-0.39, 0.29) is 11.1 Å². The van der Waals surface area contributed by atoms with Crippen molar-refractivity contribution in [1.82, 2.24) is 0 Å². The molecule has 0 spiro atoms. The number of carboxylic acid groups (broad SMARTS) is 2.